The maximum absolute atomic E-state index is 12.3. The van der Waals surface area contributed by atoms with Crippen LogP contribution in [-0.4, -0.2) is 33.4 Å². The Bertz CT molecular complexity index is 921. The van der Waals surface area contributed by atoms with Gasteiger partial charge >= 0.3 is 0 Å². The van der Waals surface area contributed by atoms with Gasteiger partial charge < -0.3 is 4.74 Å². The molecular formula is C19H20N2O5S. The van der Waals surface area contributed by atoms with Crippen molar-refractivity contribution in [3.8, 4) is 5.75 Å². The maximum atomic E-state index is 12.3. The summed E-state index contributed by atoms with van der Waals surface area (Å²) in [6.07, 6.45) is 0.364. The minimum Gasteiger partial charge on any atom is -0.492 e. The molecule has 1 fully saturated rings. The number of sulfonamides is 1. The second-order valence-corrected chi connectivity index (χ2v) is 7.94. The molecule has 27 heavy (non-hydrogen) atoms. The van der Waals surface area contributed by atoms with Crippen molar-refractivity contribution in [3.63, 3.8) is 0 Å². The topological polar surface area (TPSA) is 92.8 Å². The molecule has 0 spiro atoms. The lowest BCUT2D eigenvalue weighted by Crippen LogP contribution is -2.29. The third kappa shape index (κ3) is 4.53. The predicted molar refractivity (Wildman–Crippen MR) is 100 cm³/mol. The molecule has 142 valence electrons. The predicted octanol–water partition coefficient (Wildman–Crippen LogP) is 2.01. The van der Waals surface area contributed by atoms with Crippen LogP contribution in [0.3, 0.4) is 0 Å². The molecule has 0 aliphatic carbocycles. The standard InChI is InChI=1S/C19H20N2O5S/c1-14-2-6-16(7-3-14)26-13-12-20-27(24,25)17-8-4-15(5-9-17)21-18(22)10-11-19(21)23/h2-9,20H,10-13H2,1H3. The van der Waals surface area contributed by atoms with Crippen LogP contribution in [0.2, 0.25) is 0 Å². The van der Waals surface area contributed by atoms with E-state index in [1.54, 1.807) is 0 Å². The number of carbonyl (C=O) groups excluding carboxylic acids is 2. The van der Waals surface area contributed by atoms with Gasteiger partial charge in [0, 0.05) is 19.4 Å². The number of amides is 2. The highest BCUT2D eigenvalue weighted by Gasteiger charge is 2.30. The van der Waals surface area contributed by atoms with Gasteiger partial charge in [-0.25, -0.2) is 13.1 Å². The van der Waals surface area contributed by atoms with Crippen LogP contribution in [0, 0.1) is 6.92 Å². The Balaban J connectivity index is 1.57. The van der Waals surface area contributed by atoms with Gasteiger partial charge in [-0.15, -0.1) is 0 Å². The zero-order chi connectivity index (χ0) is 19.4. The number of nitrogens with zero attached hydrogens (tertiary/aromatic N) is 1. The summed E-state index contributed by atoms with van der Waals surface area (Å²) >= 11 is 0. The van der Waals surface area contributed by atoms with Gasteiger partial charge in [-0.2, -0.15) is 0 Å². The average molecular weight is 388 g/mol. The highest BCUT2D eigenvalue weighted by atomic mass is 32.2. The number of hydrogen-bond donors (Lipinski definition) is 1. The fourth-order valence-corrected chi connectivity index (χ4v) is 3.71. The van der Waals surface area contributed by atoms with Crippen LogP contribution in [0.5, 0.6) is 5.75 Å². The monoisotopic (exact) mass is 388 g/mol. The Labute approximate surface area is 158 Å². The van der Waals surface area contributed by atoms with Crippen LogP contribution in [0.1, 0.15) is 18.4 Å². The van der Waals surface area contributed by atoms with Crippen molar-refractivity contribution in [2.75, 3.05) is 18.1 Å². The third-order valence-electron chi connectivity index (χ3n) is 4.14. The first-order valence-corrected chi connectivity index (χ1v) is 10.0. The molecule has 7 nitrogen and oxygen atoms in total. The van der Waals surface area contributed by atoms with Gasteiger partial charge in [0.15, 0.2) is 0 Å². The van der Waals surface area contributed by atoms with Crippen LogP contribution in [0.4, 0.5) is 5.69 Å². The van der Waals surface area contributed by atoms with Crippen molar-refractivity contribution in [1.82, 2.24) is 4.72 Å². The van der Waals surface area contributed by atoms with Crippen molar-refractivity contribution in [1.29, 1.82) is 0 Å². The summed E-state index contributed by atoms with van der Waals surface area (Å²) in [5, 5.41) is 0. The van der Waals surface area contributed by atoms with Crippen molar-refractivity contribution in [3.05, 3.63) is 54.1 Å². The molecule has 2 aromatic rings. The van der Waals surface area contributed by atoms with Crippen molar-refractivity contribution < 1.29 is 22.7 Å². The first-order chi connectivity index (χ1) is 12.9. The van der Waals surface area contributed by atoms with Crippen molar-refractivity contribution in [2.24, 2.45) is 0 Å². The lowest BCUT2D eigenvalue weighted by Gasteiger charge is -2.14. The summed E-state index contributed by atoms with van der Waals surface area (Å²) < 4.78 is 32.6. The van der Waals surface area contributed by atoms with E-state index in [0.717, 1.165) is 10.5 Å². The molecule has 0 unspecified atom stereocenters. The average Bonchev–Trinajstić information content (AvgIpc) is 2.99. The molecule has 3 rings (SSSR count). The summed E-state index contributed by atoms with van der Waals surface area (Å²) in [6.45, 7) is 2.27. The van der Waals surface area contributed by atoms with Crippen molar-refractivity contribution in [2.45, 2.75) is 24.7 Å². The largest absolute Gasteiger partial charge is 0.492 e. The van der Waals surface area contributed by atoms with Crippen LogP contribution in [-0.2, 0) is 19.6 Å². The number of hydrogen-bond acceptors (Lipinski definition) is 5. The summed E-state index contributed by atoms with van der Waals surface area (Å²) in [5.41, 5.74) is 1.49. The van der Waals surface area contributed by atoms with E-state index in [-0.39, 0.29) is 42.7 Å². The first kappa shape index (κ1) is 19.1. The number of imide groups is 1. The Hall–Kier alpha value is -2.71. The lowest BCUT2D eigenvalue weighted by molar-refractivity contribution is -0.121. The summed E-state index contributed by atoms with van der Waals surface area (Å²) in [4.78, 5) is 24.6. The van der Waals surface area contributed by atoms with Gasteiger partial charge in [-0.1, -0.05) is 17.7 Å². The molecule has 2 amide bonds. The molecule has 1 aliphatic rings. The summed E-state index contributed by atoms with van der Waals surface area (Å²) in [7, 11) is -3.71. The van der Waals surface area contributed by atoms with Crippen LogP contribution in [0.15, 0.2) is 53.4 Å². The molecule has 0 saturated carbocycles. The quantitative estimate of drug-likeness (QED) is 0.579. The van der Waals surface area contributed by atoms with E-state index in [2.05, 4.69) is 4.72 Å². The Morgan fingerprint density at radius 3 is 2.15 bits per heavy atom. The number of carbonyl (C=O) groups is 2. The number of ether oxygens (including phenoxy) is 1. The second kappa shape index (κ2) is 7.89. The minimum absolute atomic E-state index is 0.0562. The molecule has 1 heterocycles. The van der Waals surface area contributed by atoms with Crippen LogP contribution >= 0.6 is 0 Å². The fraction of sp³-hybridized carbons (Fsp3) is 0.263. The Morgan fingerprint density at radius 1 is 0.963 bits per heavy atom. The van der Waals surface area contributed by atoms with E-state index in [1.165, 1.54) is 24.3 Å². The van der Waals surface area contributed by atoms with E-state index < -0.39 is 10.0 Å². The molecule has 0 aromatic heterocycles. The molecule has 2 aromatic carbocycles. The molecule has 8 heteroatoms. The van der Waals surface area contributed by atoms with Gasteiger partial charge in [0.25, 0.3) is 0 Å². The second-order valence-electron chi connectivity index (χ2n) is 6.18. The Kier molecular flexibility index (Phi) is 5.57. The van der Waals surface area contributed by atoms with Gasteiger partial charge in [-0.3, -0.25) is 14.5 Å². The first-order valence-electron chi connectivity index (χ1n) is 8.52. The van der Waals surface area contributed by atoms with Crippen LogP contribution in [0.25, 0.3) is 0 Å². The maximum Gasteiger partial charge on any atom is 0.240 e. The van der Waals surface area contributed by atoms with E-state index in [4.69, 9.17) is 4.74 Å². The Morgan fingerprint density at radius 2 is 1.56 bits per heavy atom. The molecule has 1 aliphatic heterocycles. The van der Waals surface area contributed by atoms with E-state index >= 15 is 0 Å². The summed E-state index contributed by atoms with van der Waals surface area (Å²) in [5.74, 6) is 0.119. The molecule has 0 atom stereocenters. The normalized spacial score (nSPS) is 14.6. The highest BCUT2D eigenvalue weighted by Crippen LogP contribution is 2.23. The number of nitrogens with one attached hydrogen (secondary N) is 1. The molecular weight excluding hydrogens is 368 g/mol. The SMILES string of the molecule is Cc1ccc(OCCNS(=O)(=O)c2ccc(N3C(=O)CCC3=O)cc2)cc1. The number of benzene rings is 2. The lowest BCUT2D eigenvalue weighted by atomic mass is 10.2. The summed E-state index contributed by atoms with van der Waals surface area (Å²) in [6, 6.07) is 13.1. The molecule has 1 saturated heterocycles. The molecule has 0 radical (unpaired) electrons. The highest BCUT2D eigenvalue weighted by molar-refractivity contribution is 7.89. The zero-order valence-electron chi connectivity index (χ0n) is 14.8. The molecule has 1 N–H and O–H groups in total. The molecule has 0 bridgehead atoms. The van der Waals surface area contributed by atoms with Crippen molar-refractivity contribution >= 4 is 27.5 Å². The fourth-order valence-electron chi connectivity index (χ4n) is 2.70. The van der Waals surface area contributed by atoms with E-state index in [0.29, 0.717) is 11.4 Å². The number of rotatable bonds is 7. The van der Waals surface area contributed by atoms with Gasteiger partial charge in [-0.05, 0) is 43.3 Å². The third-order valence-corrected chi connectivity index (χ3v) is 5.62. The van der Waals surface area contributed by atoms with E-state index in [1.807, 2.05) is 31.2 Å². The minimum atomic E-state index is -3.71. The van der Waals surface area contributed by atoms with Gasteiger partial charge in [0.2, 0.25) is 21.8 Å². The van der Waals surface area contributed by atoms with E-state index in [9.17, 15) is 18.0 Å². The van der Waals surface area contributed by atoms with Gasteiger partial charge in [0.1, 0.15) is 12.4 Å². The van der Waals surface area contributed by atoms with Crippen LogP contribution < -0.4 is 14.4 Å². The smallest absolute Gasteiger partial charge is 0.240 e. The van der Waals surface area contributed by atoms with Gasteiger partial charge in [0.05, 0.1) is 10.6 Å². The number of anilines is 1. The number of aryl methyl sites for hydroxylation is 1. The zero-order valence-corrected chi connectivity index (χ0v) is 15.7.